The number of nitrogens with one attached hydrogen (secondary N) is 1. The zero-order valence-corrected chi connectivity index (χ0v) is 10.2. The van der Waals surface area contributed by atoms with Crippen LogP contribution >= 0.6 is 22.9 Å². The number of carboxylic acid groups (broad SMARTS) is 1. The minimum Gasteiger partial charge on any atom is -0.481 e. The van der Waals surface area contributed by atoms with E-state index in [9.17, 15) is 4.79 Å². The molecule has 3 nitrogen and oxygen atoms in total. The molecule has 15 heavy (non-hydrogen) atoms. The van der Waals surface area contributed by atoms with Gasteiger partial charge in [-0.05, 0) is 18.1 Å². The summed E-state index contributed by atoms with van der Waals surface area (Å²) in [6, 6.07) is 3.64. The van der Waals surface area contributed by atoms with E-state index in [-0.39, 0.29) is 11.8 Å². The van der Waals surface area contributed by atoms with Gasteiger partial charge in [0.1, 0.15) is 0 Å². The first-order valence-electron chi connectivity index (χ1n) is 4.72. The van der Waals surface area contributed by atoms with E-state index in [1.165, 1.54) is 11.3 Å². The number of rotatable bonds is 5. The highest BCUT2D eigenvalue weighted by molar-refractivity contribution is 7.19. The molecule has 1 rings (SSSR count). The molecule has 0 aliphatic rings. The Morgan fingerprint density at radius 3 is 2.67 bits per heavy atom. The third kappa shape index (κ3) is 3.72. The Morgan fingerprint density at radius 1 is 1.60 bits per heavy atom. The van der Waals surface area contributed by atoms with Gasteiger partial charge in [0.05, 0.1) is 15.3 Å². The highest BCUT2D eigenvalue weighted by Gasteiger charge is 2.21. The van der Waals surface area contributed by atoms with Crippen molar-refractivity contribution in [2.75, 3.05) is 11.9 Å². The van der Waals surface area contributed by atoms with Gasteiger partial charge in [0.2, 0.25) is 0 Å². The van der Waals surface area contributed by atoms with Crippen LogP contribution in [-0.2, 0) is 4.79 Å². The Kier molecular flexibility index (Phi) is 4.42. The van der Waals surface area contributed by atoms with E-state index in [0.717, 1.165) is 5.00 Å². The van der Waals surface area contributed by atoms with E-state index in [0.29, 0.717) is 10.9 Å². The summed E-state index contributed by atoms with van der Waals surface area (Å²) < 4.78 is 0.703. The molecule has 0 saturated carbocycles. The van der Waals surface area contributed by atoms with Crippen LogP contribution in [0.15, 0.2) is 12.1 Å². The lowest BCUT2D eigenvalue weighted by atomic mass is 9.96. The van der Waals surface area contributed by atoms with Gasteiger partial charge in [0.15, 0.2) is 0 Å². The minimum absolute atomic E-state index is 0.116. The molecule has 84 valence electrons. The van der Waals surface area contributed by atoms with Crippen molar-refractivity contribution in [2.45, 2.75) is 13.8 Å². The Morgan fingerprint density at radius 2 is 2.27 bits per heavy atom. The Labute approximate surface area is 98.1 Å². The van der Waals surface area contributed by atoms with Gasteiger partial charge in [0, 0.05) is 6.54 Å². The predicted octanol–water partition coefficient (Wildman–Crippen LogP) is 3.17. The molecule has 1 aromatic rings. The van der Waals surface area contributed by atoms with E-state index >= 15 is 0 Å². The van der Waals surface area contributed by atoms with E-state index in [1.54, 1.807) is 6.07 Å². The molecule has 0 aromatic carbocycles. The molecule has 1 aromatic heterocycles. The van der Waals surface area contributed by atoms with Gasteiger partial charge in [-0.1, -0.05) is 25.4 Å². The number of hydrogen-bond donors (Lipinski definition) is 2. The highest BCUT2D eigenvalue weighted by atomic mass is 35.5. The zero-order chi connectivity index (χ0) is 11.4. The third-order valence-electron chi connectivity index (χ3n) is 2.19. The minimum atomic E-state index is -0.764. The molecule has 0 spiro atoms. The first-order chi connectivity index (χ1) is 7.00. The van der Waals surface area contributed by atoms with Crippen molar-refractivity contribution in [3.05, 3.63) is 16.5 Å². The fourth-order valence-corrected chi connectivity index (χ4v) is 2.18. The summed E-state index contributed by atoms with van der Waals surface area (Å²) in [5.41, 5.74) is 0. The molecule has 1 atom stereocenters. The summed E-state index contributed by atoms with van der Waals surface area (Å²) in [5.74, 6) is -1.02. The van der Waals surface area contributed by atoms with Gasteiger partial charge >= 0.3 is 5.97 Å². The molecular weight excluding hydrogens is 234 g/mol. The topological polar surface area (TPSA) is 49.3 Å². The summed E-state index contributed by atoms with van der Waals surface area (Å²) in [6.45, 7) is 4.24. The lowest BCUT2D eigenvalue weighted by Crippen LogP contribution is -2.27. The number of halogens is 1. The van der Waals surface area contributed by atoms with E-state index in [4.69, 9.17) is 16.7 Å². The number of aliphatic carboxylic acids is 1. The molecule has 0 fully saturated rings. The van der Waals surface area contributed by atoms with Crippen LogP contribution in [0.2, 0.25) is 4.34 Å². The second-order valence-electron chi connectivity index (χ2n) is 3.67. The van der Waals surface area contributed by atoms with Crippen molar-refractivity contribution in [3.8, 4) is 0 Å². The number of carbonyl (C=O) groups is 1. The van der Waals surface area contributed by atoms with Crippen LogP contribution in [0.3, 0.4) is 0 Å². The molecule has 1 unspecified atom stereocenters. The second-order valence-corrected chi connectivity index (χ2v) is 5.39. The first kappa shape index (κ1) is 12.3. The van der Waals surface area contributed by atoms with Crippen LogP contribution < -0.4 is 5.32 Å². The first-order valence-corrected chi connectivity index (χ1v) is 5.92. The predicted molar refractivity (Wildman–Crippen MR) is 63.8 cm³/mol. The van der Waals surface area contributed by atoms with Crippen molar-refractivity contribution < 1.29 is 9.90 Å². The van der Waals surface area contributed by atoms with Crippen LogP contribution in [-0.4, -0.2) is 17.6 Å². The number of anilines is 1. The Bertz CT molecular complexity index is 338. The largest absolute Gasteiger partial charge is 0.481 e. The number of thiophene rings is 1. The van der Waals surface area contributed by atoms with Crippen LogP contribution in [0.5, 0.6) is 0 Å². The maximum Gasteiger partial charge on any atom is 0.308 e. The molecule has 0 radical (unpaired) electrons. The van der Waals surface area contributed by atoms with Gasteiger partial charge in [-0.2, -0.15) is 0 Å². The average molecular weight is 248 g/mol. The number of carboxylic acids is 1. The van der Waals surface area contributed by atoms with Crippen LogP contribution in [0.25, 0.3) is 0 Å². The molecule has 1 heterocycles. The van der Waals surface area contributed by atoms with Crippen LogP contribution in [0.1, 0.15) is 13.8 Å². The lowest BCUT2D eigenvalue weighted by Gasteiger charge is -2.16. The summed E-state index contributed by atoms with van der Waals surface area (Å²) >= 11 is 7.18. The molecule has 0 aliphatic heterocycles. The maximum atomic E-state index is 10.9. The smallest absolute Gasteiger partial charge is 0.308 e. The van der Waals surface area contributed by atoms with Gasteiger partial charge in [-0.15, -0.1) is 11.3 Å². The molecule has 0 bridgehead atoms. The molecular formula is C10H14ClNO2S. The van der Waals surface area contributed by atoms with Crippen LogP contribution in [0, 0.1) is 11.8 Å². The Hall–Kier alpha value is -0.740. The molecule has 0 aliphatic carbocycles. The van der Waals surface area contributed by atoms with Crippen molar-refractivity contribution in [1.29, 1.82) is 0 Å². The van der Waals surface area contributed by atoms with E-state index in [1.807, 2.05) is 19.9 Å². The zero-order valence-electron chi connectivity index (χ0n) is 8.66. The van der Waals surface area contributed by atoms with Gasteiger partial charge < -0.3 is 10.4 Å². The van der Waals surface area contributed by atoms with Crippen molar-refractivity contribution in [1.82, 2.24) is 0 Å². The normalized spacial score (nSPS) is 12.8. The molecule has 5 heteroatoms. The lowest BCUT2D eigenvalue weighted by molar-refractivity contribution is -0.142. The van der Waals surface area contributed by atoms with Gasteiger partial charge in [-0.25, -0.2) is 0 Å². The van der Waals surface area contributed by atoms with Gasteiger partial charge in [0.25, 0.3) is 0 Å². The maximum absolute atomic E-state index is 10.9. The second kappa shape index (κ2) is 5.37. The fourth-order valence-electron chi connectivity index (χ4n) is 1.23. The summed E-state index contributed by atoms with van der Waals surface area (Å²) in [7, 11) is 0. The molecule has 0 amide bonds. The van der Waals surface area contributed by atoms with Crippen LogP contribution in [0.4, 0.5) is 5.00 Å². The third-order valence-corrected chi connectivity index (χ3v) is 3.38. The molecule has 2 N–H and O–H groups in total. The highest BCUT2D eigenvalue weighted by Crippen LogP contribution is 2.26. The summed E-state index contributed by atoms with van der Waals surface area (Å²) in [5, 5.41) is 13.0. The van der Waals surface area contributed by atoms with Crippen molar-refractivity contribution >= 4 is 33.9 Å². The number of hydrogen-bond acceptors (Lipinski definition) is 3. The SMILES string of the molecule is CC(C)C(CNc1ccc(Cl)s1)C(=O)O. The average Bonchev–Trinajstić information content (AvgIpc) is 2.50. The summed E-state index contributed by atoms with van der Waals surface area (Å²) in [4.78, 5) is 10.9. The van der Waals surface area contributed by atoms with E-state index in [2.05, 4.69) is 5.32 Å². The Balaban J connectivity index is 2.50. The molecule has 0 saturated heterocycles. The van der Waals surface area contributed by atoms with Gasteiger partial charge in [-0.3, -0.25) is 4.79 Å². The van der Waals surface area contributed by atoms with Crippen molar-refractivity contribution in [3.63, 3.8) is 0 Å². The quantitative estimate of drug-likeness (QED) is 0.840. The standard InChI is InChI=1S/C10H14ClNO2S/c1-6(2)7(10(13)14)5-12-9-4-3-8(11)15-9/h3-4,6-7,12H,5H2,1-2H3,(H,13,14). The van der Waals surface area contributed by atoms with Crippen molar-refractivity contribution in [2.24, 2.45) is 11.8 Å². The van der Waals surface area contributed by atoms with E-state index < -0.39 is 5.97 Å². The monoisotopic (exact) mass is 247 g/mol. The summed E-state index contributed by atoms with van der Waals surface area (Å²) in [6.07, 6.45) is 0. The fraction of sp³-hybridized carbons (Fsp3) is 0.500.